The molecule has 6 nitrogen and oxygen atoms in total. The Labute approximate surface area is 159 Å². The van der Waals surface area contributed by atoms with Crippen molar-refractivity contribution in [3.05, 3.63) is 47.0 Å². The van der Waals surface area contributed by atoms with Crippen LogP contribution in [-0.4, -0.2) is 43.6 Å². The summed E-state index contributed by atoms with van der Waals surface area (Å²) in [5, 5.41) is 5.70. The van der Waals surface area contributed by atoms with Crippen molar-refractivity contribution in [2.45, 2.75) is 52.5 Å². The van der Waals surface area contributed by atoms with Crippen LogP contribution < -0.4 is 0 Å². The van der Waals surface area contributed by atoms with Gasteiger partial charge in [0.15, 0.2) is 0 Å². The third kappa shape index (κ3) is 3.24. The highest BCUT2D eigenvalue weighted by atomic mass is 16.2. The number of rotatable bonds is 4. The molecule has 27 heavy (non-hydrogen) atoms. The van der Waals surface area contributed by atoms with E-state index in [4.69, 9.17) is 0 Å². The number of carbonyl (C=O) groups excluding carboxylic acids is 1. The highest BCUT2D eigenvalue weighted by Crippen LogP contribution is 2.30. The highest BCUT2D eigenvalue weighted by molar-refractivity contribution is 5.96. The third-order valence-corrected chi connectivity index (χ3v) is 5.59. The first kappa shape index (κ1) is 17.8. The average Bonchev–Trinajstić information content (AvgIpc) is 3.23. The summed E-state index contributed by atoms with van der Waals surface area (Å²) in [6.07, 6.45) is 4.92. The van der Waals surface area contributed by atoms with Gasteiger partial charge >= 0.3 is 0 Å². The molecule has 1 saturated heterocycles. The number of likely N-dealkylation sites (tertiary alicyclic amines) is 1. The van der Waals surface area contributed by atoms with Crippen LogP contribution in [0.1, 0.15) is 59.5 Å². The van der Waals surface area contributed by atoms with E-state index in [0.717, 1.165) is 66.9 Å². The van der Waals surface area contributed by atoms with E-state index in [1.165, 1.54) is 5.69 Å². The smallest absolute Gasteiger partial charge is 0.257 e. The molecule has 0 radical (unpaired) electrons. The lowest BCUT2D eigenvalue weighted by atomic mass is 9.94. The minimum absolute atomic E-state index is 0.117. The van der Waals surface area contributed by atoms with Crippen molar-refractivity contribution in [2.75, 3.05) is 13.1 Å². The van der Waals surface area contributed by atoms with Gasteiger partial charge in [-0.25, -0.2) is 4.98 Å². The number of amides is 1. The molecular weight excluding hydrogens is 338 g/mol. The summed E-state index contributed by atoms with van der Waals surface area (Å²) in [6.45, 7) is 8.48. The number of aromatic amines is 1. The molecule has 6 heteroatoms. The number of piperidine rings is 1. The zero-order valence-electron chi connectivity index (χ0n) is 16.3. The Kier molecular flexibility index (Phi) is 4.72. The van der Waals surface area contributed by atoms with Crippen LogP contribution >= 0.6 is 0 Å². The third-order valence-electron chi connectivity index (χ3n) is 5.59. The van der Waals surface area contributed by atoms with Gasteiger partial charge in [0.1, 0.15) is 5.65 Å². The first-order valence-electron chi connectivity index (χ1n) is 9.85. The number of hydrogen-bond donors (Lipinski definition) is 1. The molecule has 0 aliphatic carbocycles. The van der Waals surface area contributed by atoms with Crippen LogP contribution in [0, 0.1) is 13.8 Å². The molecule has 142 valence electrons. The summed E-state index contributed by atoms with van der Waals surface area (Å²) in [4.78, 5) is 23.1. The van der Waals surface area contributed by atoms with Gasteiger partial charge in [-0.3, -0.25) is 9.48 Å². The highest BCUT2D eigenvalue weighted by Gasteiger charge is 2.29. The zero-order chi connectivity index (χ0) is 19.0. The second-order valence-electron chi connectivity index (χ2n) is 7.53. The van der Waals surface area contributed by atoms with Gasteiger partial charge in [0.05, 0.1) is 11.3 Å². The van der Waals surface area contributed by atoms with E-state index < -0.39 is 0 Å². The number of aryl methyl sites for hydroxylation is 2. The van der Waals surface area contributed by atoms with Crippen molar-refractivity contribution in [3.8, 4) is 0 Å². The van der Waals surface area contributed by atoms with Crippen molar-refractivity contribution in [1.29, 1.82) is 0 Å². The zero-order valence-corrected chi connectivity index (χ0v) is 16.3. The monoisotopic (exact) mass is 365 g/mol. The molecule has 1 N–H and O–H groups in total. The maximum atomic E-state index is 13.3. The molecule has 1 aliphatic heterocycles. The van der Waals surface area contributed by atoms with Crippen molar-refractivity contribution < 1.29 is 4.79 Å². The Balaban J connectivity index is 1.57. The van der Waals surface area contributed by atoms with Gasteiger partial charge in [-0.05, 0) is 51.3 Å². The molecule has 1 aliphatic rings. The van der Waals surface area contributed by atoms with Crippen LogP contribution in [0.4, 0.5) is 0 Å². The van der Waals surface area contributed by atoms with Crippen LogP contribution in [0.15, 0.2) is 24.4 Å². The number of carbonyl (C=O) groups is 1. The maximum absolute atomic E-state index is 13.3. The molecule has 0 bridgehead atoms. The largest absolute Gasteiger partial charge is 0.343 e. The van der Waals surface area contributed by atoms with Crippen molar-refractivity contribution in [2.24, 2.45) is 0 Å². The fourth-order valence-corrected chi connectivity index (χ4v) is 4.21. The van der Waals surface area contributed by atoms with Crippen LogP contribution in [0.25, 0.3) is 11.0 Å². The lowest BCUT2D eigenvalue weighted by Crippen LogP contribution is -2.39. The second-order valence-corrected chi connectivity index (χ2v) is 7.53. The fraction of sp³-hybridized carbons (Fsp3) is 0.476. The van der Waals surface area contributed by atoms with Gasteiger partial charge in [-0.2, -0.15) is 5.10 Å². The number of nitrogens with one attached hydrogen (secondary N) is 1. The minimum atomic E-state index is 0.117. The first-order chi connectivity index (χ1) is 13.1. The average molecular weight is 365 g/mol. The summed E-state index contributed by atoms with van der Waals surface area (Å²) in [5.74, 6) is 0.439. The Hall–Kier alpha value is -2.63. The predicted molar refractivity (Wildman–Crippen MR) is 106 cm³/mol. The molecule has 1 fully saturated rings. The molecule has 1 unspecified atom stereocenters. The van der Waals surface area contributed by atoms with Crippen LogP contribution in [0.3, 0.4) is 0 Å². The summed E-state index contributed by atoms with van der Waals surface area (Å²) >= 11 is 0. The molecule has 0 saturated carbocycles. The second kappa shape index (κ2) is 7.18. The van der Waals surface area contributed by atoms with Crippen molar-refractivity contribution >= 4 is 16.9 Å². The van der Waals surface area contributed by atoms with E-state index in [9.17, 15) is 4.79 Å². The van der Waals surface area contributed by atoms with Crippen LogP contribution in [0.2, 0.25) is 0 Å². The summed E-state index contributed by atoms with van der Waals surface area (Å²) < 4.78 is 1.97. The van der Waals surface area contributed by atoms with E-state index >= 15 is 0 Å². The quantitative estimate of drug-likeness (QED) is 0.764. The number of hydrogen-bond acceptors (Lipinski definition) is 3. The Morgan fingerprint density at radius 1 is 1.37 bits per heavy atom. The molecule has 0 spiro atoms. The van der Waals surface area contributed by atoms with Crippen molar-refractivity contribution in [1.82, 2.24) is 24.6 Å². The molecule has 3 aromatic heterocycles. The molecule has 4 heterocycles. The number of aromatic nitrogens is 4. The maximum Gasteiger partial charge on any atom is 0.257 e. The molecule has 0 aromatic carbocycles. The van der Waals surface area contributed by atoms with Gasteiger partial charge < -0.3 is 9.88 Å². The Morgan fingerprint density at radius 3 is 3.00 bits per heavy atom. The molecule has 4 rings (SSSR count). The van der Waals surface area contributed by atoms with Gasteiger partial charge in [0, 0.05) is 48.5 Å². The summed E-state index contributed by atoms with van der Waals surface area (Å²) in [5.41, 5.74) is 4.70. The number of H-pyrrole nitrogens is 1. The molecule has 3 aromatic rings. The van der Waals surface area contributed by atoms with E-state index in [1.807, 2.05) is 29.5 Å². The van der Waals surface area contributed by atoms with E-state index in [0.29, 0.717) is 5.92 Å². The molecule has 1 amide bonds. The first-order valence-corrected chi connectivity index (χ1v) is 9.85. The van der Waals surface area contributed by atoms with E-state index in [2.05, 4.69) is 34.1 Å². The predicted octanol–water partition coefficient (Wildman–Crippen LogP) is 3.81. The normalized spacial score (nSPS) is 17.6. The molecular formula is C21H27N5O. The van der Waals surface area contributed by atoms with Gasteiger partial charge in [-0.1, -0.05) is 6.92 Å². The Bertz CT molecular complexity index is 937. The number of nitrogens with zero attached hydrogens (tertiary/aromatic N) is 4. The fourth-order valence-electron chi connectivity index (χ4n) is 4.21. The lowest BCUT2D eigenvalue weighted by molar-refractivity contribution is 0.0704. The molecule has 1 atom stereocenters. The van der Waals surface area contributed by atoms with Gasteiger partial charge in [0.25, 0.3) is 5.91 Å². The SMILES string of the molecule is CCCn1nc(C)c(C(=O)N2CCCC(c3cc4cccnc4[nH]3)C2)c1C. The topological polar surface area (TPSA) is 66.8 Å². The van der Waals surface area contributed by atoms with E-state index in [-0.39, 0.29) is 5.91 Å². The Morgan fingerprint density at radius 2 is 2.22 bits per heavy atom. The minimum Gasteiger partial charge on any atom is -0.343 e. The van der Waals surface area contributed by atoms with Gasteiger partial charge in [-0.15, -0.1) is 0 Å². The van der Waals surface area contributed by atoms with Crippen LogP contribution in [-0.2, 0) is 6.54 Å². The number of pyridine rings is 1. The van der Waals surface area contributed by atoms with Crippen molar-refractivity contribution in [3.63, 3.8) is 0 Å². The van der Waals surface area contributed by atoms with Gasteiger partial charge in [0.2, 0.25) is 0 Å². The van der Waals surface area contributed by atoms with Crippen LogP contribution in [0.5, 0.6) is 0 Å². The summed E-state index contributed by atoms with van der Waals surface area (Å²) in [6, 6.07) is 6.20. The lowest BCUT2D eigenvalue weighted by Gasteiger charge is -2.32. The van der Waals surface area contributed by atoms with E-state index in [1.54, 1.807) is 6.20 Å². The summed E-state index contributed by atoms with van der Waals surface area (Å²) in [7, 11) is 0. The number of fused-ring (bicyclic) bond motifs is 1. The standard InChI is InChI=1S/C21H27N5O/c1-4-10-26-15(3)19(14(2)24-26)21(27)25-11-6-8-17(13-25)18-12-16-7-5-9-22-20(16)23-18/h5,7,9,12,17H,4,6,8,10-11,13H2,1-3H3,(H,22,23).